The van der Waals surface area contributed by atoms with Crippen LogP contribution in [0.5, 0.6) is 0 Å². The van der Waals surface area contributed by atoms with Crippen LogP contribution in [0.4, 0.5) is 4.79 Å². The number of hydrogen-bond acceptors (Lipinski definition) is 4. The second-order valence-corrected chi connectivity index (χ2v) is 9.84. The number of ether oxygens (including phenoxy) is 1. The van der Waals surface area contributed by atoms with E-state index >= 15 is 0 Å². The Labute approximate surface area is 198 Å². The molecule has 34 heavy (non-hydrogen) atoms. The monoisotopic (exact) mass is 462 g/mol. The van der Waals surface area contributed by atoms with Crippen LogP contribution in [0.2, 0.25) is 0 Å². The van der Waals surface area contributed by atoms with Crippen molar-refractivity contribution in [2.45, 2.75) is 62.4 Å². The Hall–Kier alpha value is -3.35. The third-order valence-corrected chi connectivity index (χ3v) is 7.68. The molecular weight excluding hydrogens is 432 g/mol. The first-order valence-corrected chi connectivity index (χ1v) is 12.1. The number of carboxylic acid groups (broad SMARTS) is 1. The molecule has 2 amide bonds. The lowest BCUT2D eigenvalue weighted by molar-refractivity contribution is -0.151. The van der Waals surface area contributed by atoms with E-state index in [1.54, 1.807) is 0 Å². The number of nitrogens with one attached hydrogen (secondary N) is 2. The van der Waals surface area contributed by atoms with Gasteiger partial charge in [-0.15, -0.1) is 0 Å². The van der Waals surface area contributed by atoms with Crippen molar-refractivity contribution in [2.75, 3.05) is 6.61 Å². The summed E-state index contributed by atoms with van der Waals surface area (Å²) in [5.41, 5.74) is 3.66. The fraction of sp³-hybridized carbons (Fsp3) is 0.444. The minimum Gasteiger partial charge on any atom is -0.480 e. The molecule has 178 valence electrons. The Kier molecular flexibility index (Phi) is 6.02. The molecule has 2 aromatic carbocycles. The van der Waals surface area contributed by atoms with Gasteiger partial charge in [0, 0.05) is 18.4 Å². The van der Waals surface area contributed by atoms with Gasteiger partial charge in [0.05, 0.1) is 0 Å². The maximum Gasteiger partial charge on any atom is 0.407 e. The molecule has 0 heterocycles. The molecule has 0 radical (unpaired) electrons. The van der Waals surface area contributed by atoms with Crippen molar-refractivity contribution in [2.24, 2.45) is 5.92 Å². The van der Waals surface area contributed by atoms with E-state index in [9.17, 15) is 19.5 Å². The van der Waals surface area contributed by atoms with E-state index < -0.39 is 17.6 Å². The minimum absolute atomic E-state index is 0.0197. The van der Waals surface area contributed by atoms with Crippen molar-refractivity contribution in [1.82, 2.24) is 10.6 Å². The number of amides is 2. The highest BCUT2D eigenvalue weighted by molar-refractivity contribution is 5.88. The predicted molar refractivity (Wildman–Crippen MR) is 126 cm³/mol. The molecule has 5 rings (SSSR count). The number of carboxylic acids is 1. The summed E-state index contributed by atoms with van der Waals surface area (Å²) in [4.78, 5) is 36.4. The van der Waals surface area contributed by atoms with Gasteiger partial charge in [0.15, 0.2) is 0 Å². The number of hydrogen-bond donors (Lipinski definition) is 3. The first kappa shape index (κ1) is 22.4. The van der Waals surface area contributed by atoms with Gasteiger partial charge in [-0.3, -0.25) is 4.79 Å². The molecule has 0 saturated heterocycles. The molecule has 0 unspecified atom stereocenters. The van der Waals surface area contributed by atoms with Gasteiger partial charge in [-0.25, -0.2) is 9.59 Å². The van der Waals surface area contributed by atoms with Gasteiger partial charge < -0.3 is 20.5 Å². The molecule has 3 N–H and O–H groups in total. The van der Waals surface area contributed by atoms with Gasteiger partial charge in [0.25, 0.3) is 0 Å². The number of aliphatic carboxylic acids is 1. The summed E-state index contributed by atoms with van der Waals surface area (Å²) in [5, 5.41) is 15.1. The van der Waals surface area contributed by atoms with Crippen LogP contribution in [0.1, 0.15) is 62.0 Å². The van der Waals surface area contributed by atoms with Crippen molar-refractivity contribution in [1.29, 1.82) is 0 Å². The van der Waals surface area contributed by atoms with Crippen molar-refractivity contribution in [3.63, 3.8) is 0 Å². The lowest BCUT2D eigenvalue weighted by Gasteiger charge is -2.38. The smallest absolute Gasteiger partial charge is 0.407 e. The number of carbonyl (C=O) groups excluding carboxylic acids is 2. The van der Waals surface area contributed by atoms with Gasteiger partial charge in [-0.2, -0.15) is 0 Å². The minimum atomic E-state index is -1.07. The summed E-state index contributed by atoms with van der Waals surface area (Å²) in [7, 11) is 0. The summed E-state index contributed by atoms with van der Waals surface area (Å²) in [6, 6.07) is 16.4. The maximum atomic E-state index is 12.5. The summed E-state index contributed by atoms with van der Waals surface area (Å²) < 4.78 is 5.64. The average molecular weight is 463 g/mol. The third kappa shape index (κ3) is 4.27. The second kappa shape index (κ2) is 9.12. The Morgan fingerprint density at radius 1 is 0.971 bits per heavy atom. The fourth-order valence-electron chi connectivity index (χ4n) is 5.70. The lowest BCUT2D eigenvalue weighted by atomic mass is 9.76. The topological polar surface area (TPSA) is 105 Å². The highest BCUT2D eigenvalue weighted by atomic mass is 16.5. The van der Waals surface area contributed by atoms with Gasteiger partial charge in [0.2, 0.25) is 5.91 Å². The van der Waals surface area contributed by atoms with Gasteiger partial charge in [0.1, 0.15) is 12.1 Å². The fourth-order valence-corrected chi connectivity index (χ4v) is 5.70. The number of benzene rings is 2. The Balaban J connectivity index is 1.10. The van der Waals surface area contributed by atoms with E-state index in [1.807, 2.05) is 24.3 Å². The molecule has 7 heteroatoms. The number of alkyl carbamates (subject to hydrolysis) is 1. The van der Waals surface area contributed by atoms with Crippen LogP contribution in [-0.4, -0.2) is 41.3 Å². The van der Waals surface area contributed by atoms with Crippen LogP contribution in [0.15, 0.2) is 48.5 Å². The molecule has 0 bridgehead atoms. The predicted octanol–water partition coefficient (Wildman–Crippen LogP) is 4.21. The second-order valence-electron chi connectivity index (χ2n) is 9.84. The van der Waals surface area contributed by atoms with Crippen LogP contribution in [-0.2, 0) is 14.3 Å². The zero-order valence-corrected chi connectivity index (χ0v) is 19.1. The summed E-state index contributed by atoms with van der Waals surface area (Å²) in [5.74, 6) is -1.02. The maximum absolute atomic E-state index is 12.5. The molecule has 3 aliphatic carbocycles. The zero-order chi connectivity index (χ0) is 23.7. The standard InChI is InChI=1S/C27H30N2O5/c30-24(29-27(25(31)32)12-5-13-27)15-17-10-11-18(14-17)28-26(33)34-16-23-21-8-3-1-6-19(21)20-7-2-4-9-22(20)23/h1-4,6-9,17-18,23H,5,10-16H2,(H,28,33)(H,29,30)(H,31,32)/t17-,18+/m1/s1. The molecule has 0 aromatic heterocycles. The molecule has 2 aromatic rings. The molecule has 2 saturated carbocycles. The molecule has 3 aliphatic rings. The van der Waals surface area contributed by atoms with E-state index in [4.69, 9.17) is 4.74 Å². The Morgan fingerprint density at radius 3 is 2.21 bits per heavy atom. The number of rotatable bonds is 7. The van der Waals surface area contributed by atoms with Crippen LogP contribution >= 0.6 is 0 Å². The Bertz CT molecular complexity index is 1060. The molecule has 7 nitrogen and oxygen atoms in total. The first-order chi connectivity index (χ1) is 16.4. The van der Waals surface area contributed by atoms with Crippen molar-refractivity contribution in [3.8, 4) is 11.1 Å². The zero-order valence-electron chi connectivity index (χ0n) is 19.1. The van der Waals surface area contributed by atoms with Gasteiger partial charge in [-0.05, 0) is 66.7 Å². The van der Waals surface area contributed by atoms with E-state index in [0.29, 0.717) is 19.3 Å². The number of carbonyl (C=O) groups is 3. The molecular formula is C27H30N2O5. The van der Waals surface area contributed by atoms with Crippen LogP contribution in [0.3, 0.4) is 0 Å². The van der Waals surface area contributed by atoms with E-state index in [0.717, 1.165) is 19.3 Å². The van der Waals surface area contributed by atoms with Gasteiger partial charge >= 0.3 is 12.1 Å². The highest BCUT2D eigenvalue weighted by Crippen LogP contribution is 2.44. The molecule has 2 atom stereocenters. The summed E-state index contributed by atoms with van der Waals surface area (Å²) >= 11 is 0. The Morgan fingerprint density at radius 2 is 1.62 bits per heavy atom. The summed E-state index contributed by atoms with van der Waals surface area (Å²) in [6.45, 7) is 0.273. The quantitative estimate of drug-likeness (QED) is 0.572. The highest BCUT2D eigenvalue weighted by Gasteiger charge is 2.46. The van der Waals surface area contributed by atoms with Crippen LogP contribution in [0.25, 0.3) is 11.1 Å². The molecule has 0 spiro atoms. The van der Waals surface area contributed by atoms with Crippen LogP contribution < -0.4 is 10.6 Å². The molecule has 2 fully saturated rings. The van der Waals surface area contributed by atoms with Crippen molar-refractivity contribution in [3.05, 3.63) is 59.7 Å². The first-order valence-electron chi connectivity index (χ1n) is 12.1. The third-order valence-electron chi connectivity index (χ3n) is 7.68. The van der Waals surface area contributed by atoms with Crippen molar-refractivity contribution < 1.29 is 24.2 Å². The van der Waals surface area contributed by atoms with E-state index in [1.165, 1.54) is 22.3 Å². The summed E-state index contributed by atoms with van der Waals surface area (Å²) in [6.07, 6.45) is 3.96. The van der Waals surface area contributed by atoms with E-state index in [-0.39, 0.29) is 36.8 Å². The lowest BCUT2D eigenvalue weighted by Crippen LogP contribution is -2.59. The van der Waals surface area contributed by atoms with E-state index in [2.05, 4.69) is 34.9 Å². The van der Waals surface area contributed by atoms with Crippen molar-refractivity contribution >= 4 is 18.0 Å². The van der Waals surface area contributed by atoms with Crippen LogP contribution in [0, 0.1) is 5.92 Å². The number of fused-ring (bicyclic) bond motifs is 3. The average Bonchev–Trinajstić information content (AvgIpc) is 3.36. The van der Waals surface area contributed by atoms with Gasteiger partial charge in [-0.1, -0.05) is 48.5 Å². The normalized spacial score (nSPS) is 22.2. The molecule has 0 aliphatic heterocycles. The SMILES string of the molecule is O=C(C[C@@H]1CC[C@H](NC(=O)OCC2c3ccccc3-c3ccccc32)C1)NC1(C(=O)O)CCC1. The largest absolute Gasteiger partial charge is 0.480 e.